The molecule has 0 saturated heterocycles. The smallest absolute Gasteiger partial charge is 0.191 e. The van der Waals surface area contributed by atoms with Gasteiger partial charge in [0.15, 0.2) is 5.96 Å². The van der Waals surface area contributed by atoms with Crippen LogP contribution in [0, 0.1) is 6.92 Å². The fraction of sp³-hybridized carbons (Fsp3) is 0.474. The van der Waals surface area contributed by atoms with Gasteiger partial charge >= 0.3 is 0 Å². The van der Waals surface area contributed by atoms with Gasteiger partial charge in [0.2, 0.25) is 0 Å². The molecule has 1 aromatic carbocycles. The molecule has 6 nitrogen and oxygen atoms in total. The van der Waals surface area contributed by atoms with E-state index in [9.17, 15) is 0 Å². The van der Waals surface area contributed by atoms with Gasteiger partial charge in [-0.25, -0.2) is 4.98 Å². The summed E-state index contributed by atoms with van der Waals surface area (Å²) in [4.78, 5) is 10.2. The lowest BCUT2D eigenvalue weighted by Gasteiger charge is -2.11. The quantitative estimate of drug-likeness (QED) is 0.379. The number of ether oxygens (including phenoxy) is 2. The van der Waals surface area contributed by atoms with Gasteiger partial charge in [-0.05, 0) is 26.0 Å². The highest BCUT2D eigenvalue weighted by Crippen LogP contribution is 2.18. The predicted molar refractivity (Wildman–Crippen MR) is 108 cm³/mol. The summed E-state index contributed by atoms with van der Waals surface area (Å²) in [5, 5.41) is 7.76. The molecule has 2 rings (SSSR count). The summed E-state index contributed by atoms with van der Waals surface area (Å²) in [6, 6.07) is 7.63. The number of guanidine groups is 1. The van der Waals surface area contributed by atoms with E-state index in [2.05, 4.69) is 34.5 Å². The van der Waals surface area contributed by atoms with E-state index in [4.69, 9.17) is 9.47 Å². The van der Waals surface area contributed by atoms with Crippen molar-refractivity contribution < 1.29 is 9.47 Å². The summed E-state index contributed by atoms with van der Waals surface area (Å²) >= 11 is 1.74. The van der Waals surface area contributed by atoms with E-state index in [1.165, 1.54) is 4.88 Å². The van der Waals surface area contributed by atoms with Crippen LogP contribution < -0.4 is 20.1 Å². The van der Waals surface area contributed by atoms with Gasteiger partial charge in [0.25, 0.3) is 0 Å². The van der Waals surface area contributed by atoms with Crippen LogP contribution in [0.5, 0.6) is 11.5 Å². The molecule has 1 aromatic heterocycles. The third-order valence-corrected chi connectivity index (χ3v) is 4.50. The summed E-state index contributed by atoms with van der Waals surface area (Å²) in [5.74, 6) is 2.45. The number of aryl methyl sites for hydroxylation is 1. The van der Waals surface area contributed by atoms with Gasteiger partial charge < -0.3 is 20.1 Å². The van der Waals surface area contributed by atoms with Crippen molar-refractivity contribution in [2.75, 3.05) is 33.4 Å². The zero-order chi connectivity index (χ0) is 18.6. The van der Waals surface area contributed by atoms with E-state index in [-0.39, 0.29) is 0 Å². The zero-order valence-electron chi connectivity index (χ0n) is 15.7. The first-order valence-corrected chi connectivity index (χ1v) is 9.73. The number of rotatable bonds is 10. The van der Waals surface area contributed by atoms with Crippen LogP contribution in [0.3, 0.4) is 0 Å². The lowest BCUT2D eigenvalue weighted by molar-refractivity contribution is 0.311. The second-order valence-electron chi connectivity index (χ2n) is 5.68. The highest BCUT2D eigenvalue weighted by Gasteiger charge is 2.01. The fourth-order valence-corrected chi connectivity index (χ4v) is 3.07. The Morgan fingerprint density at radius 3 is 2.85 bits per heavy atom. The molecule has 0 radical (unpaired) electrons. The molecule has 0 unspecified atom stereocenters. The first-order chi connectivity index (χ1) is 12.7. The molecule has 0 bridgehead atoms. The maximum absolute atomic E-state index is 5.73. The average molecular weight is 377 g/mol. The Labute approximate surface area is 159 Å². The first kappa shape index (κ1) is 20.0. The number of hydrogen-bond donors (Lipinski definition) is 2. The van der Waals surface area contributed by atoms with Gasteiger partial charge in [-0.2, -0.15) is 0 Å². The zero-order valence-corrected chi connectivity index (χ0v) is 16.6. The highest BCUT2D eigenvalue weighted by molar-refractivity contribution is 7.11. The predicted octanol–water partition coefficient (Wildman–Crippen LogP) is 3.03. The van der Waals surface area contributed by atoms with Gasteiger partial charge in [-0.3, -0.25) is 4.99 Å². The summed E-state index contributed by atoms with van der Waals surface area (Å²) in [6.07, 6.45) is 3.67. The normalized spacial score (nSPS) is 11.3. The van der Waals surface area contributed by atoms with Gasteiger partial charge in [0, 0.05) is 49.6 Å². The maximum atomic E-state index is 5.73. The molecule has 0 amide bonds. The average Bonchev–Trinajstić information content (AvgIpc) is 3.06. The molecule has 0 aliphatic rings. The van der Waals surface area contributed by atoms with Crippen molar-refractivity contribution in [1.82, 2.24) is 15.6 Å². The highest BCUT2D eigenvalue weighted by atomic mass is 32.1. The van der Waals surface area contributed by atoms with Crippen LogP contribution in [0.1, 0.15) is 23.2 Å². The van der Waals surface area contributed by atoms with Gasteiger partial charge in [-0.15, -0.1) is 11.3 Å². The minimum absolute atomic E-state index is 0.620. The molecular weight excluding hydrogens is 348 g/mol. The van der Waals surface area contributed by atoms with Crippen molar-refractivity contribution in [1.29, 1.82) is 0 Å². The standard InChI is InChI=1S/C19H28N4O2S/c1-4-20-19(22-11-9-18-23-14-15(2)26-18)21-10-6-12-25-17-8-5-7-16(13-17)24-3/h5,7-8,13-14H,4,6,9-12H2,1-3H3,(H2,20,21,22). The molecule has 0 aliphatic carbocycles. The summed E-state index contributed by atoms with van der Waals surface area (Å²) < 4.78 is 10.9. The van der Waals surface area contributed by atoms with Crippen molar-refractivity contribution in [3.05, 3.63) is 40.3 Å². The molecule has 0 saturated carbocycles. The minimum Gasteiger partial charge on any atom is -0.497 e. The number of nitrogens with zero attached hydrogens (tertiary/aromatic N) is 2. The minimum atomic E-state index is 0.620. The van der Waals surface area contributed by atoms with Crippen molar-refractivity contribution >= 4 is 17.3 Å². The summed E-state index contributed by atoms with van der Waals surface area (Å²) in [6.45, 7) is 7.12. The molecule has 0 fully saturated rings. The fourth-order valence-electron chi connectivity index (χ4n) is 2.28. The number of methoxy groups -OCH3 is 1. The molecule has 0 aliphatic heterocycles. The number of hydrogen-bond acceptors (Lipinski definition) is 5. The van der Waals surface area contributed by atoms with E-state index in [1.807, 2.05) is 30.5 Å². The maximum Gasteiger partial charge on any atom is 0.191 e. The van der Waals surface area contributed by atoms with Gasteiger partial charge in [-0.1, -0.05) is 6.07 Å². The number of nitrogens with one attached hydrogen (secondary N) is 2. The second kappa shape index (κ2) is 11.4. The largest absolute Gasteiger partial charge is 0.497 e. The number of thiazole rings is 1. The molecule has 0 spiro atoms. The van der Waals surface area contributed by atoms with E-state index < -0.39 is 0 Å². The summed E-state index contributed by atoms with van der Waals surface area (Å²) in [7, 11) is 1.65. The van der Waals surface area contributed by atoms with E-state index in [1.54, 1.807) is 18.4 Å². The second-order valence-corrected chi connectivity index (χ2v) is 7.00. The molecule has 0 atom stereocenters. The third kappa shape index (κ3) is 7.31. The molecule has 7 heteroatoms. The number of aromatic nitrogens is 1. The van der Waals surface area contributed by atoms with Crippen molar-refractivity contribution in [2.45, 2.75) is 26.7 Å². The van der Waals surface area contributed by atoms with Crippen LogP contribution in [0.25, 0.3) is 0 Å². The van der Waals surface area contributed by atoms with Crippen molar-refractivity contribution in [2.24, 2.45) is 4.99 Å². The Hall–Kier alpha value is -2.28. The Morgan fingerprint density at radius 2 is 2.12 bits per heavy atom. The molecule has 2 aromatic rings. The SMILES string of the molecule is CCNC(=NCCCOc1cccc(OC)c1)NCCc1ncc(C)s1. The van der Waals surface area contributed by atoms with Crippen molar-refractivity contribution in [3.8, 4) is 11.5 Å². The molecule has 26 heavy (non-hydrogen) atoms. The number of aliphatic imine (C=N–C) groups is 1. The Kier molecular flexibility index (Phi) is 8.75. The van der Waals surface area contributed by atoms with Crippen LogP contribution in [0.15, 0.2) is 35.5 Å². The van der Waals surface area contributed by atoms with E-state index in [0.29, 0.717) is 13.2 Å². The Morgan fingerprint density at radius 1 is 1.27 bits per heavy atom. The molecule has 1 heterocycles. The monoisotopic (exact) mass is 376 g/mol. The molecule has 2 N–H and O–H groups in total. The summed E-state index contributed by atoms with van der Waals surface area (Å²) in [5.41, 5.74) is 0. The molecule has 142 valence electrons. The van der Waals surface area contributed by atoms with Crippen LogP contribution in [-0.4, -0.2) is 44.3 Å². The molecular formula is C19H28N4O2S. The van der Waals surface area contributed by atoms with Crippen LogP contribution in [0.2, 0.25) is 0 Å². The van der Waals surface area contributed by atoms with Crippen LogP contribution in [-0.2, 0) is 6.42 Å². The Bertz CT molecular complexity index is 688. The van der Waals surface area contributed by atoms with E-state index >= 15 is 0 Å². The topological polar surface area (TPSA) is 67.8 Å². The number of benzene rings is 1. The van der Waals surface area contributed by atoms with Gasteiger partial charge in [0.1, 0.15) is 11.5 Å². The first-order valence-electron chi connectivity index (χ1n) is 8.91. The van der Waals surface area contributed by atoms with Crippen LogP contribution in [0.4, 0.5) is 0 Å². The van der Waals surface area contributed by atoms with E-state index in [0.717, 1.165) is 48.4 Å². The Balaban J connectivity index is 1.68. The lowest BCUT2D eigenvalue weighted by atomic mass is 10.3. The van der Waals surface area contributed by atoms with Crippen molar-refractivity contribution in [3.63, 3.8) is 0 Å². The van der Waals surface area contributed by atoms with Crippen LogP contribution >= 0.6 is 11.3 Å². The van der Waals surface area contributed by atoms with Gasteiger partial charge in [0.05, 0.1) is 18.7 Å². The lowest BCUT2D eigenvalue weighted by Crippen LogP contribution is -2.38. The third-order valence-electron chi connectivity index (χ3n) is 3.53.